The lowest BCUT2D eigenvalue weighted by atomic mass is 10.2. The van der Waals surface area contributed by atoms with Gasteiger partial charge in [0.15, 0.2) is 0 Å². The molecule has 0 fully saturated rings. The van der Waals surface area contributed by atoms with Crippen LogP contribution in [-0.4, -0.2) is 29.2 Å². The Morgan fingerprint density at radius 1 is 1.61 bits per heavy atom. The summed E-state index contributed by atoms with van der Waals surface area (Å²) in [5, 5.41) is 22.4. The molecule has 7 heteroatoms. The lowest BCUT2D eigenvalue weighted by Crippen LogP contribution is -2.28. The van der Waals surface area contributed by atoms with Crippen molar-refractivity contribution in [2.75, 3.05) is 12.4 Å². The summed E-state index contributed by atoms with van der Waals surface area (Å²) in [7, 11) is 1.40. The van der Waals surface area contributed by atoms with Gasteiger partial charge in [-0.1, -0.05) is 6.92 Å². The van der Waals surface area contributed by atoms with E-state index in [0.29, 0.717) is 12.2 Å². The van der Waals surface area contributed by atoms with Crippen LogP contribution in [0.1, 0.15) is 13.3 Å². The number of anilines is 1. The number of nitrogens with one attached hydrogen (secondary N) is 1. The van der Waals surface area contributed by atoms with E-state index in [2.05, 4.69) is 5.32 Å². The maximum Gasteiger partial charge on any atom is 0.326 e. The molecule has 0 saturated carbocycles. The van der Waals surface area contributed by atoms with Crippen molar-refractivity contribution in [1.29, 1.82) is 0 Å². The molecule has 0 spiro atoms. The van der Waals surface area contributed by atoms with Crippen molar-refractivity contribution in [3.8, 4) is 5.75 Å². The maximum absolute atomic E-state index is 10.9. The molecule has 0 aliphatic carbocycles. The van der Waals surface area contributed by atoms with Crippen molar-refractivity contribution < 1.29 is 19.6 Å². The van der Waals surface area contributed by atoms with Crippen molar-refractivity contribution in [2.24, 2.45) is 0 Å². The fourth-order valence-electron chi connectivity index (χ4n) is 1.44. The Kier molecular flexibility index (Phi) is 4.47. The molecule has 0 heterocycles. The normalized spacial score (nSPS) is 11.7. The molecular weight excluding hydrogens is 240 g/mol. The summed E-state index contributed by atoms with van der Waals surface area (Å²) >= 11 is 0. The molecule has 0 amide bonds. The molecule has 0 aliphatic heterocycles. The van der Waals surface area contributed by atoms with Crippen LogP contribution in [-0.2, 0) is 4.79 Å². The summed E-state index contributed by atoms with van der Waals surface area (Å²) in [4.78, 5) is 21.2. The highest BCUT2D eigenvalue weighted by atomic mass is 16.6. The third-order valence-corrected chi connectivity index (χ3v) is 2.44. The number of aliphatic carboxylic acids is 1. The second kappa shape index (κ2) is 5.85. The number of nitrogens with zero attached hydrogens (tertiary/aromatic N) is 1. The Bertz CT molecular complexity index is 461. The van der Waals surface area contributed by atoms with Crippen molar-refractivity contribution in [1.82, 2.24) is 0 Å². The van der Waals surface area contributed by atoms with Gasteiger partial charge in [-0.25, -0.2) is 4.79 Å². The molecule has 1 unspecified atom stereocenters. The Morgan fingerprint density at radius 2 is 2.28 bits per heavy atom. The molecule has 2 N–H and O–H groups in total. The van der Waals surface area contributed by atoms with Gasteiger partial charge in [0.05, 0.1) is 18.1 Å². The summed E-state index contributed by atoms with van der Waals surface area (Å²) in [5.41, 5.74) is -0.0518. The van der Waals surface area contributed by atoms with Gasteiger partial charge in [-0.05, 0) is 18.6 Å². The lowest BCUT2D eigenvalue weighted by Gasteiger charge is -2.14. The van der Waals surface area contributed by atoms with Crippen LogP contribution in [0.25, 0.3) is 0 Å². The molecule has 0 aromatic heterocycles. The fraction of sp³-hybridized carbons (Fsp3) is 0.364. The zero-order valence-corrected chi connectivity index (χ0v) is 10.0. The molecule has 1 rings (SSSR count). The second-order valence-electron chi connectivity index (χ2n) is 3.58. The number of benzene rings is 1. The Balaban J connectivity index is 3.08. The number of ether oxygens (including phenoxy) is 1. The molecule has 1 atom stereocenters. The number of nitro groups is 1. The quantitative estimate of drug-likeness (QED) is 0.593. The smallest absolute Gasteiger partial charge is 0.326 e. The van der Waals surface area contributed by atoms with E-state index in [0.717, 1.165) is 0 Å². The molecule has 0 radical (unpaired) electrons. The maximum atomic E-state index is 10.9. The minimum atomic E-state index is -1.05. The van der Waals surface area contributed by atoms with E-state index in [1.165, 1.54) is 25.3 Å². The first-order chi connectivity index (χ1) is 8.49. The minimum absolute atomic E-state index is 0.162. The molecule has 0 bridgehead atoms. The van der Waals surface area contributed by atoms with Gasteiger partial charge in [-0.2, -0.15) is 0 Å². The minimum Gasteiger partial charge on any atom is -0.496 e. The molecule has 0 aliphatic rings. The topological polar surface area (TPSA) is 102 Å². The van der Waals surface area contributed by atoms with Gasteiger partial charge >= 0.3 is 5.97 Å². The number of hydrogen-bond acceptors (Lipinski definition) is 5. The fourth-order valence-corrected chi connectivity index (χ4v) is 1.44. The molecule has 1 aromatic rings. The van der Waals surface area contributed by atoms with Crippen molar-refractivity contribution in [3.63, 3.8) is 0 Å². The van der Waals surface area contributed by atoms with Crippen molar-refractivity contribution >= 4 is 17.3 Å². The van der Waals surface area contributed by atoms with Crippen LogP contribution in [0.15, 0.2) is 18.2 Å². The Morgan fingerprint density at radius 3 is 2.72 bits per heavy atom. The van der Waals surface area contributed by atoms with Crippen LogP contribution in [0.5, 0.6) is 5.75 Å². The van der Waals surface area contributed by atoms with Gasteiger partial charge in [0, 0.05) is 0 Å². The summed E-state index contributed by atoms with van der Waals surface area (Å²) in [6.45, 7) is 1.68. The average Bonchev–Trinajstić information content (AvgIpc) is 2.35. The number of methoxy groups -OCH3 is 1. The van der Waals surface area contributed by atoms with Gasteiger partial charge < -0.3 is 15.2 Å². The first kappa shape index (κ1) is 13.8. The Hall–Kier alpha value is -2.31. The zero-order chi connectivity index (χ0) is 13.7. The van der Waals surface area contributed by atoms with E-state index in [4.69, 9.17) is 9.84 Å². The van der Waals surface area contributed by atoms with Gasteiger partial charge in [-0.15, -0.1) is 0 Å². The largest absolute Gasteiger partial charge is 0.496 e. The third-order valence-electron chi connectivity index (χ3n) is 2.44. The molecular formula is C11H14N2O5. The predicted molar refractivity (Wildman–Crippen MR) is 65.0 cm³/mol. The number of rotatable bonds is 6. The first-order valence-corrected chi connectivity index (χ1v) is 5.31. The average molecular weight is 254 g/mol. The lowest BCUT2D eigenvalue weighted by molar-refractivity contribution is -0.384. The van der Waals surface area contributed by atoms with E-state index in [1.807, 2.05) is 0 Å². The highest BCUT2D eigenvalue weighted by Crippen LogP contribution is 2.29. The van der Waals surface area contributed by atoms with Gasteiger partial charge in [0.2, 0.25) is 0 Å². The van der Waals surface area contributed by atoms with Crippen molar-refractivity contribution in [2.45, 2.75) is 19.4 Å². The van der Waals surface area contributed by atoms with E-state index in [9.17, 15) is 14.9 Å². The van der Waals surface area contributed by atoms with Crippen LogP contribution >= 0.6 is 0 Å². The van der Waals surface area contributed by atoms with Gasteiger partial charge in [0.1, 0.15) is 17.5 Å². The highest BCUT2D eigenvalue weighted by molar-refractivity contribution is 5.79. The Labute approximate surface area is 104 Å². The molecule has 0 saturated heterocycles. The number of carboxylic acids is 1. The van der Waals surface area contributed by atoms with Crippen LogP contribution in [0, 0.1) is 10.1 Å². The van der Waals surface area contributed by atoms with E-state index in [1.54, 1.807) is 6.92 Å². The number of carboxylic acid groups (broad SMARTS) is 1. The summed E-state index contributed by atoms with van der Waals surface area (Å²) < 4.78 is 4.89. The predicted octanol–water partition coefficient (Wildman–Crippen LogP) is 1.88. The second-order valence-corrected chi connectivity index (χ2v) is 3.58. The highest BCUT2D eigenvalue weighted by Gasteiger charge is 2.21. The van der Waals surface area contributed by atoms with Crippen molar-refractivity contribution in [3.05, 3.63) is 28.3 Å². The van der Waals surface area contributed by atoms with Crippen LogP contribution in [0.3, 0.4) is 0 Å². The first-order valence-electron chi connectivity index (χ1n) is 5.31. The molecule has 98 valence electrons. The van der Waals surface area contributed by atoms with Crippen LogP contribution in [0.4, 0.5) is 11.4 Å². The van der Waals surface area contributed by atoms with E-state index < -0.39 is 16.9 Å². The summed E-state index contributed by atoms with van der Waals surface area (Å²) in [6, 6.07) is 3.35. The third kappa shape index (κ3) is 3.09. The van der Waals surface area contributed by atoms with Gasteiger partial charge in [0.25, 0.3) is 5.69 Å². The number of carbonyl (C=O) groups is 1. The van der Waals surface area contributed by atoms with E-state index in [-0.39, 0.29) is 11.4 Å². The molecule has 18 heavy (non-hydrogen) atoms. The summed E-state index contributed by atoms with van der Waals surface area (Å²) in [6.07, 6.45) is 0.318. The van der Waals surface area contributed by atoms with Gasteiger partial charge in [-0.3, -0.25) is 10.1 Å². The molecule has 1 aromatic carbocycles. The molecule has 7 nitrogen and oxygen atoms in total. The van der Waals surface area contributed by atoms with Crippen LogP contribution in [0.2, 0.25) is 0 Å². The monoisotopic (exact) mass is 254 g/mol. The van der Waals surface area contributed by atoms with E-state index >= 15 is 0 Å². The zero-order valence-electron chi connectivity index (χ0n) is 10.0. The number of nitro benzene ring substituents is 1. The standard InChI is InChI=1S/C11H14N2O5/c1-3-8(11(14)15)12-9-5-4-7(18-2)6-10(9)13(16)17/h4-6,8,12H,3H2,1-2H3,(H,14,15). The summed E-state index contributed by atoms with van der Waals surface area (Å²) in [5.74, 6) is -0.710. The number of hydrogen-bond donors (Lipinski definition) is 2. The SMILES string of the molecule is CCC(Nc1ccc(OC)cc1[N+](=O)[O-])C(=O)O. The van der Waals surface area contributed by atoms with Crippen LogP contribution < -0.4 is 10.1 Å².